The van der Waals surface area contributed by atoms with Crippen LogP contribution in [-0.2, 0) is 11.3 Å². The zero-order valence-electron chi connectivity index (χ0n) is 12.3. The van der Waals surface area contributed by atoms with Crippen molar-refractivity contribution < 1.29 is 4.74 Å². The maximum Gasteiger partial charge on any atom is 0.0599 e. The Morgan fingerprint density at radius 3 is 2.70 bits per heavy atom. The average molecular weight is 272 g/mol. The number of piperidine rings is 1. The topological polar surface area (TPSA) is 17.4 Å². The van der Waals surface area contributed by atoms with E-state index < -0.39 is 0 Å². The number of aromatic nitrogens is 1. The van der Waals surface area contributed by atoms with E-state index >= 15 is 0 Å². The molecule has 2 aromatic rings. The highest BCUT2D eigenvalue weighted by atomic mass is 16.5. The van der Waals surface area contributed by atoms with E-state index in [1.165, 1.54) is 36.8 Å². The van der Waals surface area contributed by atoms with Crippen LogP contribution >= 0.6 is 0 Å². The Bertz CT molecular complexity index is 541. The predicted molar refractivity (Wildman–Crippen MR) is 83.0 cm³/mol. The highest BCUT2D eigenvalue weighted by molar-refractivity contribution is 5.79. The molecule has 0 amide bonds. The molecule has 1 aromatic heterocycles. The number of rotatable bonds is 5. The fourth-order valence-corrected chi connectivity index (χ4v) is 3.12. The van der Waals surface area contributed by atoms with E-state index in [0.29, 0.717) is 6.10 Å². The van der Waals surface area contributed by atoms with Gasteiger partial charge in [-0.05, 0) is 37.3 Å². The largest absolute Gasteiger partial charge is 0.378 e. The van der Waals surface area contributed by atoms with Gasteiger partial charge >= 0.3 is 0 Å². The summed E-state index contributed by atoms with van der Waals surface area (Å²) < 4.78 is 8.07. The second-order valence-corrected chi connectivity index (χ2v) is 5.56. The number of benzene rings is 1. The molecule has 0 saturated carbocycles. The van der Waals surface area contributed by atoms with Crippen LogP contribution in [0.2, 0.25) is 0 Å². The minimum absolute atomic E-state index is 0.489. The zero-order valence-corrected chi connectivity index (χ0v) is 12.3. The van der Waals surface area contributed by atoms with Crippen LogP contribution in [0.4, 0.5) is 0 Å². The van der Waals surface area contributed by atoms with Crippen LogP contribution in [0.3, 0.4) is 0 Å². The summed E-state index contributed by atoms with van der Waals surface area (Å²) in [4.78, 5) is 2.56. The molecule has 108 valence electrons. The molecule has 0 atom stereocenters. The normalized spacial score (nSPS) is 17.9. The SMILES string of the molecule is CCOC1CCN(CCn2ccc3ccccc32)CC1. The second kappa shape index (κ2) is 6.42. The molecule has 1 saturated heterocycles. The Hall–Kier alpha value is -1.32. The molecule has 0 spiro atoms. The number of ether oxygens (including phenoxy) is 1. The fourth-order valence-electron chi connectivity index (χ4n) is 3.12. The third-order valence-corrected chi connectivity index (χ3v) is 4.27. The summed E-state index contributed by atoms with van der Waals surface area (Å²) in [6.45, 7) is 7.49. The van der Waals surface area contributed by atoms with Gasteiger partial charge in [0.1, 0.15) is 0 Å². The molecule has 0 unspecified atom stereocenters. The Morgan fingerprint density at radius 1 is 1.10 bits per heavy atom. The number of nitrogens with zero attached hydrogens (tertiary/aromatic N) is 2. The lowest BCUT2D eigenvalue weighted by atomic mass is 10.1. The molecule has 3 nitrogen and oxygen atoms in total. The summed E-state index contributed by atoms with van der Waals surface area (Å²) >= 11 is 0. The van der Waals surface area contributed by atoms with Crippen LogP contribution in [0.1, 0.15) is 19.8 Å². The van der Waals surface area contributed by atoms with Gasteiger partial charge in [-0.1, -0.05) is 18.2 Å². The minimum Gasteiger partial charge on any atom is -0.378 e. The second-order valence-electron chi connectivity index (χ2n) is 5.56. The van der Waals surface area contributed by atoms with Gasteiger partial charge in [0, 0.05) is 44.5 Å². The molecule has 1 aliphatic rings. The Labute approximate surface area is 121 Å². The Morgan fingerprint density at radius 2 is 1.90 bits per heavy atom. The third-order valence-electron chi connectivity index (χ3n) is 4.27. The number of hydrogen-bond acceptors (Lipinski definition) is 2. The summed E-state index contributed by atoms with van der Waals surface area (Å²) in [5.41, 5.74) is 1.34. The first-order chi connectivity index (χ1) is 9.86. The van der Waals surface area contributed by atoms with E-state index in [-0.39, 0.29) is 0 Å². The lowest BCUT2D eigenvalue weighted by molar-refractivity contribution is 0.0137. The molecule has 0 bridgehead atoms. The molecule has 0 N–H and O–H groups in total. The van der Waals surface area contributed by atoms with E-state index in [9.17, 15) is 0 Å². The van der Waals surface area contributed by atoms with Gasteiger partial charge in [-0.2, -0.15) is 0 Å². The fraction of sp³-hybridized carbons (Fsp3) is 0.529. The quantitative estimate of drug-likeness (QED) is 0.832. The van der Waals surface area contributed by atoms with E-state index in [2.05, 4.69) is 52.9 Å². The number of para-hydroxylation sites is 1. The first-order valence-corrected chi connectivity index (χ1v) is 7.74. The summed E-state index contributed by atoms with van der Waals surface area (Å²) in [5.74, 6) is 0. The van der Waals surface area contributed by atoms with Crippen molar-refractivity contribution in [1.29, 1.82) is 0 Å². The lowest BCUT2D eigenvalue weighted by Gasteiger charge is -2.31. The van der Waals surface area contributed by atoms with Crippen LogP contribution in [0.5, 0.6) is 0 Å². The molecule has 1 aliphatic heterocycles. The van der Waals surface area contributed by atoms with Crippen molar-refractivity contribution in [3.63, 3.8) is 0 Å². The van der Waals surface area contributed by atoms with Crippen LogP contribution in [0.25, 0.3) is 10.9 Å². The van der Waals surface area contributed by atoms with Gasteiger partial charge < -0.3 is 14.2 Å². The highest BCUT2D eigenvalue weighted by Crippen LogP contribution is 2.16. The summed E-state index contributed by atoms with van der Waals surface area (Å²) in [7, 11) is 0. The molecule has 1 aromatic carbocycles. The lowest BCUT2D eigenvalue weighted by Crippen LogP contribution is -2.38. The monoisotopic (exact) mass is 272 g/mol. The van der Waals surface area contributed by atoms with Gasteiger partial charge in [0.05, 0.1) is 6.10 Å². The zero-order chi connectivity index (χ0) is 13.8. The summed E-state index contributed by atoms with van der Waals surface area (Å²) in [6, 6.07) is 10.8. The van der Waals surface area contributed by atoms with E-state index in [4.69, 9.17) is 4.74 Å². The first-order valence-electron chi connectivity index (χ1n) is 7.74. The third kappa shape index (κ3) is 3.05. The van der Waals surface area contributed by atoms with E-state index in [1.807, 2.05) is 0 Å². The van der Waals surface area contributed by atoms with Gasteiger partial charge in [0.25, 0.3) is 0 Å². The Kier molecular flexibility index (Phi) is 4.38. The summed E-state index contributed by atoms with van der Waals surface area (Å²) in [5, 5.41) is 1.34. The van der Waals surface area contributed by atoms with Crippen molar-refractivity contribution in [2.45, 2.75) is 32.4 Å². The maximum absolute atomic E-state index is 5.71. The molecule has 3 rings (SSSR count). The Balaban J connectivity index is 1.53. The maximum atomic E-state index is 5.71. The van der Waals surface area contributed by atoms with Crippen molar-refractivity contribution in [2.24, 2.45) is 0 Å². The average Bonchev–Trinajstić information content (AvgIpc) is 2.90. The molecule has 0 radical (unpaired) electrons. The highest BCUT2D eigenvalue weighted by Gasteiger charge is 2.18. The van der Waals surface area contributed by atoms with Crippen LogP contribution in [-0.4, -0.2) is 41.8 Å². The van der Waals surface area contributed by atoms with Gasteiger partial charge in [-0.15, -0.1) is 0 Å². The van der Waals surface area contributed by atoms with Crippen molar-refractivity contribution in [1.82, 2.24) is 9.47 Å². The van der Waals surface area contributed by atoms with E-state index in [0.717, 1.165) is 19.7 Å². The molecule has 1 fully saturated rings. The standard InChI is InChI=1S/C17H24N2O/c1-2-20-16-8-10-18(11-9-16)13-14-19-12-7-15-5-3-4-6-17(15)19/h3-7,12,16H,2,8-11,13-14H2,1H3. The predicted octanol–water partition coefficient (Wildman–Crippen LogP) is 3.14. The number of fused-ring (bicyclic) bond motifs is 1. The smallest absolute Gasteiger partial charge is 0.0599 e. The molecule has 2 heterocycles. The van der Waals surface area contributed by atoms with Gasteiger partial charge in [-0.25, -0.2) is 0 Å². The van der Waals surface area contributed by atoms with Crippen molar-refractivity contribution in [2.75, 3.05) is 26.2 Å². The summed E-state index contributed by atoms with van der Waals surface area (Å²) in [6.07, 6.45) is 5.06. The molecular weight excluding hydrogens is 248 g/mol. The molecule has 0 aliphatic carbocycles. The van der Waals surface area contributed by atoms with Crippen molar-refractivity contribution in [3.05, 3.63) is 36.5 Å². The van der Waals surface area contributed by atoms with Crippen molar-refractivity contribution in [3.8, 4) is 0 Å². The molecular formula is C17H24N2O. The molecule has 20 heavy (non-hydrogen) atoms. The van der Waals surface area contributed by atoms with Gasteiger partial charge in [0.15, 0.2) is 0 Å². The minimum atomic E-state index is 0.489. The van der Waals surface area contributed by atoms with Gasteiger partial charge in [-0.3, -0.25) is 0 Å². The van der Waals surface area contributed by atoms with Crippen LogP contribution < -0.4 is 0 Å². The number of hydrogen-bond donors (Lipinski definition) is 0. The van der Waals surface area contributed by atoms with Crippen LogP contribution in [0, 0.1) is 0 Å². The van der Waals surface area contributed by atoms with E-state index in [1.54, 1.807) is 0 Å². The molecule has 3 heteroatoms. The van der Waals surface area contributed by atoms with Crippen LogP contribution in [0.15, 0.2) is 36.5 Å². The van der Waals surface area contributed by atoms with Gasteiger partial charge in [0.2, 0.25) is 0 Å². The van der Waals surface area contributed by atoms with Crippen molar-refractivity contribution >= 4 is 10.9 Å². The number of likely N-dealkylation sites (tertiary alicyclic amines) is 1. The first kappa shape index (κ1) is 13.7.